The number of nitrogens with zero attached hydrogens (tertiary/aromatic N) is 2. The fourth-order valence-corrected chi connectivity index (χ4v) is 2.21. The number of rotatable bonds is 9. The third kappa shape index (κ3) is 5.46. The Morgan fingerprint density at radius 3 is 2.72 bits per heavy atom. The molecule has 0 N–H and O–H groups in total. The number of halogens is 3. The molecule has 0 saturated carbocycles. The van der Waals surface area contributed by atoms with Gasteiger partial charge < -0.3 is 14.4 Å². The average Bonchev–Trinajstić information content (AvgIpc) is 2.60. The van der Waals surface area contributed by atoms with E-state index in [-0.39, 0.29) is 0 Å². The quantitative estimate of drug-likeness (QED) is 0.650. The Hall–Kier alpha value is -2.61. The minimum absolute atomic E-state index is 0.315. The maximum Gasteiger partial charge on any atom is 0.387 e. The molecule has 0 aliphatic rings. The molecule has 0 aliphatic heterocycles. The van der Waals surface area contributed by atoms with Crippen LogP contribution >= 0.6 is 0 Å². The number of alkyl halides is 2. The third-order valence-corrected chi connectivity index (χ3v) is 3.39. The van der Waals surface area contributed by atoms with Gasteiger partial charge in [0.2, 0.25) is 6.41 Å². The van der Waals surface area contributed by atoms with Crippen molar-refractivity contribution in [2.24, 2.45) is 0 Å². The van der Waals surface area contributed by atoms with Gasteiger partial charge in [-0.15, -0.1) is 0 Å². The SMILES string of the molecule is COCCN(C=O)Cc1cncc(-c2ccc(F)c(OC(F)F)c2)c1. The Labute approximate surface area is 143 Å². The number of carbonyl (C=O) groups excluding carboxylic acids is 1. The maximum atomic E-state index is 13.5. The number of hydrogen-bond acceptors (Lipinski definition) is 4. The van der Waals surface area contributed by atoms with Crippen molar-refractivity contribution >= 4 is 6.41 Å². The van der Waals surface area contributed by atoms with Crippen molar-refractivity contribution in [3.63, 3.8) is 0 Å². The van der Waals surface area contributed by atoms with E-state index in [1.165, 1.54) is 23.2 Å². The van der Waals surface area contributed by atoms with E-state index in [1.54, 1.807) is 19.4 Å². The van der Waals surface area contributed by atoms with Gasteiger partial charge in [0.05, 0.1) is 6.61 Å². The van der Waals surface area contributed by atoms with Crippen LogP contribution < -0.4 is 4.74 Å². The van der Waals surface area contributed by atoms with Crippen LogP contribution in [0.3, 0.4) is 0 Å². The average molecular weight is 354 g/mol. The summed E-state index contributed by atoms with van der Waals surface area (Å²) >= 11 is 0. The highest BCUT2D eigenvalue weighted by Crippen LogP contribution is 2.27. The predicted molar refractivity (Wildman–Crippen MR) is 84.6 cm³/mol. The first kappa shape index (κ1) is 18.7. The summed E-state index contributed by atoms with van der Waals surface area (Å²) in [5.41, 5.74) is 1.80. The zero-order valence-corrected chi connectivity index (χ0v) is 13.5. The summed E-state index contributed by atoms with van der Waals surface area (Å²) in [6, 6.07) is 5.42. The van der Waals surface area contributed by atoms with Gasteiger partial charge in [0, 0.05) is 38.2 Å². The lowest BCUT2D eigenvalue weighted by Crippen LogP contribution is -2.25. The second-order valence-electron chi connectivity index (χ2n) is 5.17. The molecule has 8 heteroatoms. The molecule has 0 unspecified atom stereocenters. The molecule has 1 amide bonds. The topological polar surface area (TPSA) is 51.7 Å². The monoisotopic (exact) mass is 354 g/mol. The van der Waals surface area contributed by atoms with Crippen molar-refractivity contribution in [2.75, 3.05) is 20.3 Å². The molecule has 0 spiro atoms. The van der Waals surface area contributed by atoms with E-state index >= 15 is 0 Å². The largest absolute Gasteiger partial charge is 0.432 e. The molecule has 2 aromatic rings. The van der Waals surface area contributed by atoms with Crippen molar-refractivity contribution < 1.29 is 27.4 Å². The second kappa shape index (κ2) is 9.03. The highest BCUT2D eigenvalue weighted by molar-refractivity contribution is 5.65. The van der Waals surface area contributed by atoms with Crippen molar-refractivity contribution in [2.45, 2.75) is 13.2 Å². The van der Waals surface area contributed by atoms with E-state index in [4.69, 9.17) is 4.74 Å². The molecule has 1 heterocycles. The molecular weight excluding hydrogens is 337 g/mol. The molecular formula is C17H17F3N2O3. The van der Waals surface area contributed by atoms with Gasteiger partial charge in [0.15, 0.2) is 11.6 Å². The Kier molecular flexibility index (Phi) is 6.76. The number of ether oxygens (including phenoxy) is 2. The summed E-state index contributed by atoms with van der Waals surface area (Å²) in [6.07, 6.45) is 3.81. The summed E-state index contributed by atoms with van der Waals surface area (Å²) in [4.78, 5) is 16.7. The van der Waals surface area contributed by atoms with Gasteiger partial charge in [-0.1, -0.05) is 6.07 Å². The number of aromatic nitrogens is 1. The standard InChI is InChI=1S/C17H17F3N2O3/c1-24-5-4-22(11-23)10-12-6-14(9-21-8-12)13-2-3-15(18)16(7-13)25-17(19)20/h2-3,6-9,11,17H,4-5,10H2,1H3. The summed E-state index contributed by atoms with van der Waals surface area (Å²) in [5, 5.41) is 0. The molecule has 0 fully saturated rings. The normalized spacial score (nSPS) is 10.8. The molecule has 0 atom stereocenters. The Morgan fingerprint density at radius 2 is 2.04 bits per heavy atom. The van der Waals surface area contributed by atoms with Gasteiger partial charge in [-0.3, -0.25) is 9.78 Å². The predicted octanol–water partition coefficient (Wildman–Crippen LogP) is 3.09. The second-order valence-corrected chi connectivity index (χ2v) is 5.17. The maximum absolute atomic E-state index is 13.5. The first-order valence-corrected chi connectivity index (χ1v) is 7.40. The third-order valence-electron chi connectivity index (χ3n) is 3.39. The van der Waals surface area contributed by atoms with Crippen LogP contribution in [0.5, 0.6) is 5.75 Å². The Bertz CT molecular complexity index is 713. The van der Waals surface area contributed by atoms with Crippen molar-refractivity contribution in [3.05, 3.63) is 48.0 Å². The van der Waals surface area contributed by atoms with Crippen LogP contribution in [-0.4, -0.2) is 43.2 Å². The molecule has 2 rings (SSSR count). The molecule has 0 radical (unpaired) electrons. The highest BCUT2D eigenvalue weighted by atomic mass is 19.3. The molecule has 1 aromatic heterocycles. The summed E-state index contributed by atoms with van der Waals surface area (Å²) in [7, 11) is 1.54. The zero-order chi connectivity index (χ0) is 18.2. The lowest BCUT2D eigenvalue weighted by molar-refractivity contribution is -0.119. The van der Waals surface area contributed by atoms with Gasteiger partial charge in [-0.2, -0.15) is 8.78 Å². The number of benzene rings is 1. The van der Waals surface area contributed by atoms with Gasteiger partial charge in [0.1, 0.15) is 0 Å². The highest BCUT2D eigenvalue weighted by Gasteiger charge is 2.12. The number of amides is 1. The van der Waals surface area contributed by atoms with E-state index in [0.29, 0.717) is 37.2 Å². The van der Waals surface area contributed by atoms with Crippen LogP contribution in [0, 0.1) is 5.82 Å². The Morgan fingerprint density at radius 1 is 1.24 bits per heavy atom. The fraction of sp³-hybridized carbons (Fsp3) is 0.294. The van der Waals surface area contributed by atoms with Crippen molar-refractivity contribution in [3.8, 4) is 16.9 Å². The number of carbonyl (C=O) groups is 1. The lowest BCUT2D eigenvalue weighted by Gasteiger charge is -2.17. The Balaban J connectivity index is 2.22. The minimum atomic E-state index is -3.11. The minimum Gasteiger partial charge on any atom is -0.432 e. The first-order chi connectivity index (χ1) is 12.0. The molecule has 1 aromatic carbocycles. The van der Waals surface area contributed by atoms with Gasteiger partial charge in [0.25, 0.3) is 0 Å². The van der Waals surface area contributed by atoms with Crippen LogP contribution in [0.4, 0.5) is 13.2 Å². The van der Waals surface area contributed by atoms with Crippen LogP contribution in [0.2, 0.25) is 0 Å². The van der Waals surface area contributed by atoms with Crippen molar-refractivity contribution in [1.29, 1.82) is 0 Å². The van der Waals surface area contributed by atoms with Crippen molar-refractivity contribution in [1.82, 2.24) is 9.88 Å². The van der Waals surface area contributed by atoms with E-state index in [1.807, 2.05) is 0 Å². The first-order valence-electron chi connectivity index (χ1n) is 7.40. The smallest absolute Gasteiger partial charge is 0.387 e. The van der Waals surface area contributed by atoms with Crippen LogP contribution in [-0.2, 0) is 16.1 Å². The fourth-order valence-electron chi connectivity index (χ4n) is 2.21. The molecule has 0 saturated heterocycles. The van der Waals surface area contributed by atoms with E-state index < -0.39 is 18.2 Å². The van der Waals surface area contributed by atoms with E-state index in [2.05, 4.69) is 9.72 Å². The molecule has 0 bridgehead atoms. The lowest BCUT2D eigenvalue weighted by atomic mass is 10.1. The summed E-state index contributed by atoms with van der Waals surface area (Å²) in [6.45, 7) is -1.98. The van der Waals surface area contributed by atoms with Crippen LogP contribution in [0.25, 0.3) is 11.1 Å². The number of hydrogen-bond donors (Lipinski definition) is 0. The van der Waals surface area contributed by atoms with Gasteiger partial charge >= 0.3 is 6.61 Å². The van der Waals surface area contributed by atoms with Gasteiger partial charge in [-0.05, 0) is 29.3 Å². The van der Waals surface area contributed by atoms with E-state index in [0.717, 1.165) is 11.6 Å². The van der Waals surface area contributed by atoms with Crippen LogP contribution in [0.15, 0.2) is 36.7 Å². The zero-order valence-electron chi connectivity index (χ0n) is 13.5. The van der Waals surface area contributed by atoms with Crippen LogP contribution in [0.1, 0.15) is 5.56 Å². The molecule has 25 heavy (non-hydrogen) atoms. The molecule has 5 nitrogen and oxygen atoms in total. The summed E-state index contributed by atoms with van der Waals surface area (Å²) < 4.78 is 47.3. The number of methoxy groups -OCH3 is 1. The number of pyridine rings is 1. The molecule has 134 valence electrons. The van der Waals surface area contributed by atoms with E-state index in [9.17, 15) is 18.0 Å². The summed E-state index contributed by atoms with van der Waals surface area (Å²) in [5.74, 6) is -1.41. The molecule has 0 aliphatic carbocycles. The van der Waals surface area contributed by atoms with Gasteiger partial charge in [-0.25, -0.2) is 4.39 Å².